The van der Waals surface area contributed by atoms with Crippen LogP contribution in [0.15, 0.2) is 12.3 Å². The van der Waals surface area contributed by atoms with E-state index >= 15 is 0 Å². The fraction of sp³-hybridized carbons (Fsp3) is 0.615. The first-order chi connectivity index (χ1) is 6.99. The van der Waals surface area contributed by atoms with Crippen molar-refractivity contribution in [1.29, 1.82) is 0 Å². The summed E-state index contributed by atoms with van der Waals surface area (Å²) in [6, 6.07) is 2.66. The summed E-state index contributed by atoms with van der Waals surface area (Å²) in [6.07, 6.45) is 4.45. The SMILES string of the molecule is Cc1cc2n(c1)C1CC1CC(C)(C)C2=O. The third kappa shape index (κ3) is 1.20. The molecule has 2 heterocycles. The summed E-state index contributed by atoms with van der Waals surface area (Å²) in [5, 5.41) is 0. The monoisotopic (exact) mass is 203 g/mol. The summed E-state index contributed by atoms with van der Waals surface area (Å²) in [6.45, 7) is 6.24. The van der Waals surface area contributed by atoms with E-state index in [9.17, 15) is 4.79 Å². The molecule has 15 heavy (non-hydrogen) atoms. The van der Waals surface area contributed by atoms with Crippen molar-refractivity contribution in [3.05, 3.63) is 23.5 Å². The van der Waals surface area contributed by atoms with Crippen molar-refractivity contribution in [3.63, 3.8) is 0 Å². The number of Topliss-reactive ketones (excluding diaryl/α,β-unsaturated/α-hetero) is 1. The van der Waals surface area contributed by atoms with E-state index in [1.165, 1.54) is 12.0 Å². The highest BCUT2D eigenvalue weighted by molar-refractivity contribution is 5.99. The Balaban J connectivity index is 2.16. The molecule has 0 N–H and O–H groups in total. The van der Waals surface area contributed by atoms with Gasteiger partial charge in [0.2, 0.25) is 0 Å². The number of hydrogen-bond acceptors (Lipinski definition) is 1. The number of hydrogen-bond donors (Lipinski definition) is 0. The van der Waals surface area contributed by atoms with Crippen molar-refractivity contribution >= 4 is 5.78 Å². The molecule has 1 aliphatic carbocycles. The predicted molar refractivity (Wildman–Crippen MR) is 59.0 cm³/mol. The molecule has 0 aromatic carbocycles. The number of fused-ring (bicyclic) bond motifs is 3. The van der Waals surface area contributed by atoms with E-state index in [0.717, 1.165) is 18.0 Å². The van der Waals surface area contributed by atoms with Crippen molar-refractivity contribution in [1.82, 2.24) is 4.57 Å². The van der Waals surface area contributed by atoms with Crippen molar-refractivity contribution in [2.45, 2.75) is 39.7 Å². The quantitative estimate of drug-likeness (QED) is 0.635. The second-order valence-corrected chi connectivity index (χ2v) is 5.79. The number of aromatic nitrogens is 1. The van der Waals surface area contributed by atoms with Crippen LogP contribution in [0.5, 0.6) is 0 Å². The summed E-state index contributed by atoms with van der Waals surface area (Å²) in [7, 11) is 0. The van der Waals surface area contributed by atoms with Gasteiger partial charge < -0.3 is 4.57 Å². The number of carbonyl (C=O) groups excluding carboxylic acids is 1. The van der Waals surface area contributed by atoms with E-state index in [2.05, 4.69) is 31.5 Å². The largest absolute Gasteiger partial charge is 0.341 e. The standard InChI is InChI=1S/C13H17NO/c1-8-4-11-12(15)13(2,3)6-9-5-10(9)14(11)7-8/h4,7,9-10H,5-6H2,1-3H3. The average Bonchev–Trinajstić information content (AvgIpc) is 2.77. The predicted octanol–water partition coefficient (Wildman–Crippen LogP) is 2.97. The van der Waals surface area contributed by atoms with Gasteiger partial charge in [-0.25, -0.2) is 0 Å². The molecule has 2 nitrogen and oxygen atoms in total. The van der Waals surface area contributed by atoms with Gasteiger partial charge in [-0.1, -0.05) is 13.8 Å². The van der Waals surface area contributed by atoms with Crippen LogP contribution >= 0.6 is 0 Å². The first kappa shape index (κ1) is 9.20. The molecule has 3 rings (SSSR count). The van der Waals surface area contributed by atoms with Gasteiger partial charge in [0, 0.05) is 17.7 Å². The summed E-state index contributed by atoms with van der Waals surface area (Å²) >= 11 is 0. The Kier molecular flexibility index (Phi) is 1.56. The fourth-order valence-corrected chi connectivity index (χ4v) is 2.96. The summed E-state index contributed by atoms with van der Waals surface area (Å²) in [5.74, 6) is 1.06. The minimum absolute atomic E-state index is 0.168. The van der Waals surface area contributed by atoms with Gasteiger partial charge in [0.25, 0.3) is 0 Å². The third-order valence-corrected chi connectivity index (χ3v) is 3.85. The maximum Gasteiger partial charge on any atom is 0.184 e. The normalized spacial score (nSPS) is 31.8. The Morgan fingerprint density at radius 3 is 2.93 bits per heavy atom. The van der Waals surface area contributed by atoms with Crippen LogP contribution in [0, 0.1) is 18.3 Å². The second kappa shape index (κ2) is 2.55. The fourth-order valence-electron chi connectivity index (χ4n) is 2.96. The van der Waals surface area contributed by atoms with Crippen LogP contribution < -0.4 is 0 Å². The van der Waals surface area contributed by atoms with Crippen LogP contribution in [0.4, 0.5) is 0 Å². The molecule has 0 radical (unpaired) electrons. The molecule has 0 bridgehead atoms. The van der Waals surface area contributed by atoms with Crippen molar-refractivity contribution < 1.29 is 4.79 Å². The van der Waals surface area contributed by atoms with E-state index < -0.39 is 0 Å². The van der Waals surface area contributed by atoms with Gasteiger partial charge in [0.05, 0.1) is 5.69 Å². The molecule has 1 aromatic heterocycles. The average molecular weight is 203 g/mol. The zero-order chi connectivity index (χ0) is 10.8. The highest BCUT2D eigenvalue weighted by Gasteiger charge is 2.48. The smallest absolute Gasteiger partial charge is 0.184 e. The molecule has 0 amide bonds. The van der Waals surface area contributed by atoms with Crippen molar-refractivity contribution in [2.24, 2.45) is 11.3 Å². The van der Waals surface area contributed by atoms with Gasteiger partial charge in [-0.05, 0) is 37.3 Å². The van der Waals surface area contributed by atoms with E-state index in [4.69, 9.17) is 0 Å². The summed E-state index contributed by atoms with van der Waals surface area (Å²) in [4.78, 5) is 12.3. The highest BCUT2D eigenvalue weighted by Crippen LogP contribution is 2.53. The highest BCUT2D eigenvalue weighted by atomic mass is 16.1. The van der Waals surface area contributed by atoms with Gasteiger partial charge in [0.15, 0.2) is 5.78 Å². The zero-order valence-electron chi connectivity index (χ0n) is 9.58. The Morgan fingerprint density at radius 1 is 1.47 bits per heavy atom. The van der Waals surface area contributed by atoms with E-state index in [0.29, 0.717) is 11.8 Å². The molecule has 2 atom stereocenters. The van der Waals surface area contributed by atoms with Crippen LogP contribution in [0.2, 0.25) is 0 Å². The molecule has 2 aliphatic rings. The molecule has 0 saturated heterocycles. The first-order valence-electron chi connectivity index (χ1n) is 5.72. The van der Waals surface area contributed by atoms with E-state index in [1.54, 1.807) is 0 Å². The molecule has 2 heteroatoms. The van der Waals surface area contributed by atoms with Gasteiger partial charge in [0.1, 0.15) is 0 Å². The number of ketones is 1. The Bertz CT molecular complexity index is 441. The number of carbonyl (C=O) groups is 1. The third-order valence-electron chi connectivity index (χ3n) is 3.85. The topological polar surface area (TPSA) is 22.0 Å². The van der Waals surface area contributed by atoms with E-state index in [-0.39, 0.29) is 5.41 Å². The number of rotatable bonds is 0. The van der Waals surface area contributed by atoms with Gasteiger partial charge >= 0.3 is 0 Å². The van der Waals surface area contributed by atoms with Crippen molar-refractivity contribution in [2.75, 3.05) is 0 Å². The molecular weight excluding hydrogens is 186 g/mol. The molecule has 0 spiro atoms. The van der Waals surface area contributed by atoms with Crippen LogP contribution in [0.25, 0.3) is 0 Å². The molecule has 1 fully saturated rings. The van der Waals surface area contributed by atoms with E-state index in [1.807, 2.05) is 6.07 Å². The minimum atomic E-state index is -0.168. The lowest BCUT2D eigenvalue weighted by Gasteiger charge is -2.20. The van der Waals surface area contributed by atoms with Gasteiger partial charge in [-0.15, -0.1) is 0 Å². The van der Waals surface area contributed by atoms with Crippen LogP contribution in [0.1, 0.15) is 48.8 Å². The maximum atomic E-state index is 12.3. The maximum absolute atomic E-state index is 12.3. The lowest BCUT2D eigenvalue weighted by Crippen LogP contribution is -2.24. The van der Waals surface area contributed by atoms with Crippen LogP contribution in [-0.2, 0) is 0 Å². The van der Waals surface area contributed by atoms with Gasteiger partial charge in [-0.2, -0.15) is 0 Å². The second-order valence-electron chi connectivity index (χ2n) is 5.79. The number of aryl methyl sites for hydroxylation is 1. The summed E-state index contributed by atoms with van der Waals surface area (Å²) < 4.78 is 2.22. The van der Waals surface area contributed by atoms with Gasteiger partial charge in [-0.3, -0.25) is 4.79 Å². The first-order valence-corrected chi connectivity index (χ1v) is 5.72. The van der Waals surface area contributed by atoms with Crippen molar-refractivity contribution in [3.8, 4) is 0 Å². The molecule has 1 saturated carbocycles. The Labute approximate surface area is 90.3 Å². The van der Waals surface area contributed by atoms with Crippen LogP contribution in [-0.4, -0.2) is 10.4 Å². The number of nitrogens with zero attached hydrogens (tertiary/aromatic N) is 1. The zero-order valence-corrected chi connectivity index (χ0v) is 9.58. The minimum Gasteiger partial charge on any atom is -0.341 e. The molecule has 2 unspecified atom stereocenters. The molecule has 1 aliphatic heterocycles. The van der Waals surface area contributed by atoms with Crippen LogP contribution in [0.3, 0.4) is 0 Å². The molecule has 1 aromatic rings. The Hall–Kier alpha value is -1.05. The Morgan fingerprint density at radius 2 is 2.20 bits per heavy atom. The lowest BCUT2D eigenvalue weighted by molar-refractivity contribution is 0.0819. The molecular formula is C13H17NO. The lowest BCUT2D eigenvalue weighted by atomic mass is 9.82. The summed E-state index contributed by atoms with van der Waals surface area (Å²) in [5.41, 5.74) is 1.97. The molecule has 80 valence electrons.